The summed E-state index contributed by atoms with van der Waals surface area (Å²) in [5.74, 6) is 0. The average molecular weight is 478 g/mol. The van der Waals surface area contributed by atoms with Crippen molar-refractivity contribution in [1.29, 1.82) is 0 Å². The van der Waals surface area contributed by atoms with Crippen LogP contribution in [0.3, 0.4) is 0 Å². The molecule has 0 amide bonds. The van der Waals surface area contributed by atoms with Gasteiger partial charge in [-0.05, 0) is 85.8 Å². The van der Waals surface area contributed by atoms with Gasteiger partial charge in [0.15, 0.2) is 12.6 Å². The first kappa shape index (κ1) is 26.8. The maximum absolute atomic E-state index is 11.6. The summed E-state index contributed by atoms with van der Waals surface area (Å²) in [6.07, 6.45) is 11.9. The van der Waals surface area contributed by atoms with Gasteiger partial charge in [-0.1, -0.05) is 40.5 Å². The molecule has 0 saturated heterocycles. The topological polar surface area (TPSA) is 81.5 Å². The summed E-state index contributed by atoms with van der Waals surface area (Å²) in [5, 5.41) is 0. The third-order valence-electron chi connectivity index (χ3n) is 7.62. The third-order valence-corrected chi connectivity index (χ3v) is 7.62. The molecule has 0 unspecified atom stereocenters. The van der Waals surface area contributed by atoms with Crippen LogP contribution in [0.2, 0.25) is 0 Å². The highest BCUT2D eigenvalue weighted by Crippen LogP contribution is 2.30. The Morgan fingerprint density at radius 3 is 1.26 bits per heavy atom. The second-order valence-corrected chi connectivity index (χ2v) is 9.78. The first-order valence-corrected chi connectivity index (χ1v) is 13.5. The van der Waals surface area contributed by atoms with Gasteiger partial charge in [0.1, 0.15) is 0 Å². The van der Waals surface area contributed by atoms with Crippen molar-refractivity contribution < 1.29 is 9.59 Å². The van der Waals surface area contributed by atoms with Crippen molar-refractivity contribution in [3.63, 3.8) is 0 Å². The summed E-state index contributed by atoms with van der Waals surface area (Å²) in [7, 11) is 0. The van der Waals surface area contributed by atoms with Gasteiger partial charge in [-0.2, -0.15) is 0 Å². The average Bonchev–Trinajstić information content (AvgIpc) is 3.46. The lowest BCUT2D eigenvalue weighted by Crippen LogP contribution is -1.99. The van der Waals surface area contributed by atoms with E-state index >= 15 is 0 Å². The fraction of sp³-hybridized carbons (Fsp3) is 0.533. The number of carbonyl (C=O) groups is 2. The van der Waals surface area contributed by atoms with E-state index in [4.69, 9.17) is 0 Å². The number of nitrogens with one attached hydrogen (secondary N) is 3. The van der Waals surface area contributed by atoms with E-state index in [2.05, 4.69) is 56.5 Å². The van der Waals surface area contributed by atoms with Crippen LogP contribution in [0, 0.1) is 13.8 Å². The number of H-pyrrole nitrogens is 3. The predicted molar refractivity (Wildman–Crippen MR) is 144 cm³/mol. The Labute approximate surface area is 210 Å². The molecule has 0 aliphatic carbocycles. The van der Waals surface area contributed by atoms with Gasteiger partial charge in [0.25, 0.3) is 0 Å². The molecule has 0 saturated carbocycles. The summed E-state index contributed by atoms with van der Waals surface area (Å²) in [4.78, 5) is 33.9. The summed E-state index contributed by atoms with van der Waals surface area (Å²) in [6, 6.07) is 0. The van der Waals surface area contributed by atoms with Crippen LogP contribution in [0.4, 0.5) is 0 Å². The first-order valence-electron chi connectivity index (χ1n) is 13.5. The minimum atomic E-state index is 0.704. The SMILES string of the molecule is CCCCc1c(Cc2[nH]c(Cc3[nH]c(C=O)c(C)c3CCCC)c(CC)c2CC)[nH]c(C=O)c1C. The quantitative estimate of drug-likeness (QED) is 0.221. The van der Waals surface area contributed by atoms with Crippen LogP contribution in [0.5, 0.6) is 0 Å². The molecule has 5 nitrogen and oxygen atoms in total. The van der Waals surface area contributed by atoms with E-state index in [1.807, 2.05) is 0 Å². The van der Waals surface area contributed by atoms with Gasteiger partial charge in [0, 0.05) is 35.6 Å². The van der Waals surface area contributed by atoms with E-state index in [9.17, 15) is 9.59 Å². The Bertz CT molecular complexity index is 1070. The lowest BCUT2D eigenvalue weighted by Gasteiger charge is -2.07. The first-order chi connectivity index (χ1) is 16.9. The molecule has 35 heavy (non-hydrogen) atoms. The minimum Gasteiger partial charge on any atom is -0.361 e. The fourth-order valence-electron chi connectivity index (χ4n) is 5.57. The van der Waals surface area contributed by atoms with E-state index in [1.54, 1.807) is 0 Å². The van der Waals surface area contributed by atoms with Crippen molar-refractivity contribution in [2.75, 3.05) is 0 Å². The molecule has 0 fully saturated rings. The lowest BCUT2D eigenvalue weighted by molar-refractivity contribution is 0.111. The molecule has 0 spiro atoms. The number of aldehydes is 2. The van der Waals surface area contributed by atoms with E-state index in [0.717, 1.165) is 99.3 Å². The molecule has 3 heterocycles. The van der Waals surface area contributed by atoms with Crippen molar-refractivity contribution in [2.24, 2.45) is 0 Å². The Kier molecular flexibility index (Phi) is 9.36. The molecule has 0 atom stereocenters. The van der Waals surface area contributed by atoms with Crippen LogP contribution in [0.25, 0.3) is 0 Å². The minimum absolute atomic E-state index is 0.704. The van der Waals surface area contributed by atoms with Crippen molar-refractivity contribution in [3.05, 3.63) is 67.5 Å². The normalized spacial score (nSPS) is 11.4. The van der Waals surface area contributed by atoms with Crippen LogP contribution < -0.4 is 0 Å². The van der Waals surface area contributed by atoms with Gasteiger partial charge in [0.2, 0.25) is 0 Å². The Hall–Kier alpha value is -2.82. The summed E-state index contributed by atoms with van der Waals surface area (Å²) < 4.78 is 0. The van der Waals surface area contributed by atoms with Crippen LogP contribution in [-0.2, 0) is 38.5 Å². The van der Waals surface area contributed by atoms with Gasteiger partial charge in [-0.15, -0.1) is 0 Å². The fourth-order valence-corrected chi connectivity index (χ4v) is 5.57. The Morgan fingerprint density at radius 1 is 0.571 bits per heavy atom. The summed E-state index contributed by atoms with van der Waals surface area (Å²) in [6.45, 7) is 13.0. The molecule has 3 N–H and O–H groups in total. The van der Waals surface area contributed by atoms with E-state index in [-0.39, 0.29) is 0 Å². The monoisotopic (exact) mass is 477 g/mol. The highest BCUT2D eigenvalue weighted by atomic mass is 16.1. The lowest BCUT2D eigenvalue weighted by atomic mass is 9.96. The number of unbranched alkanes of at least 4 members (excludes halogenated alkanes) is 2. The molecule has 190 valence electrons. The van der Waals surface area contributed by atoms with Gasteiger partial charge in [-0.3, -0.25) is 9.59 Å². The van der Waals surface area contributed by atoms with Gasteiger partial charge in [0.05, 0.1) is 11.4 Å². The van der Waals surface area contributed by atoms with Gasteiger partial charge < -0.3 is 15.0 Å². The van der Waals surface area contributed by atoms with Crippen molar-refractivity contribution in [1.82, 2.24) is 15.0 Å². The smallest absolute Gasteiger partial charge is 0.166 e. The zero-order valence-corrected chi connectivity index (χ0v) is 22.5. The molecule has 3 aromatic rings. The maximum atomic E-state index is 11.6. The second-order valence-electron chi connectivity index (χ2n) is 9.78. The number of hydrogen-bond donors (Lipinski definition) is 3. The van der Waals surface area contributed by atoms with Crippen molar-refractivity contribution >= 4 is 12.6 Å². The van der Waals surface area contributed by atoms with Crippen LogP contribution in [-0.4, -0.2) is 27.5 Å². The van der Waals surface area contributed by atoms with E-state index in [1.165, 1.54) is 33.6 Å². The van der Waals surface area contributed by atoms with Gasteiger partial charge >= 0.3 is 0 Å². The molecular weight excluding hydrogens is 434 g/mol. The predicted octanol–water partition coefficient (Wildman–Crippen LogP) is 6.90. The van der Waals surface area contributed by atoms with Gasteiger partial charge in [-0.25, -0.2) is 0 Å². The molecule has 0 aliphatic heterocycles. The number of hydrogen-bond acceptors (Lipinski definition) is 2. The Morgan fingerprint density at radius 2 is 0.943 bits per heavy atom. The van der Waals surface area contributed by atoms with Crippen molar-refractivity contribution in [3.8, 4) is 0 Å². The summed E-state index contributed by atoms with van der Waals surface area (Å²) in [5.41, 5.74) is 13.7. The number of aromatic amines is 3. The highest BCUT2D eigenvalue weighted by Gasteiger charge is 2.21. The molecular formula is C30H43N3O2. The largest absolute Gasteiger partial charge is 0.361 e. The van der Waals surface area contributed by atoms with Crippen LogP contribution in [0.1, 0.15) is 131 Å². The second kappa shape index (κ2) is 12.2. The van der Waals surface area contributed by atoms with E-state index in [0.29, 0.717) is 11.4 Å². The van der Waals surface area contributed by atoms with E-state index < -0.39 is 0 Å². The Balaban J connectivity index is 2.02. The molecule has 3 aromatic heterocycles. The zero-order valence-electron chi connectivity index (χ0n) is 22.5. The summed E-state index contributed by atoms with van der Waals surface area (Å²) >= 11 is 0. The van der Waals surface area contributed by atoms with Crippen molar-refractivity contribution in [2.45, 2.75) is 106 Å². The molecule has 0 bridgehead atoms. The zero-order chi connectivity index (χ0) is 25.5. The molecule has 0 radical (unpaired) electrons. The number of rotatable bonds is 14. The molecule has 0 aliphatic rings. The standard InChI is InChI=1S/C30H43N3O2/c1-7-11-13-23-19(5)29(17-34)32-27(23)15-25-21(9-3)22(10-4)26(31-25)16-28-24(14-12-8-2)20(6)30(18-35)33-28/h17-18,31-33H,7-16H2,1-6H3. The highest BCUT2D eigenvalue weighted by molar-refractivity contribution is 5.76. The number of carbonyl (C=O) groups excluding carboxylic acids is 2. The molecule has 5 heteroatoms. The van der Waals surface area contributed by atoms with Crippen LogP contribution >= 0.6 is 0 Å². The third kappa shape index (κ3) is 5.55. The molecule has 3 rings (SSSR count). The van der Waals surface area contributed by atoms with Crippen LogP contribution in [0.15, 0.2) is 0 Å². The maximum Gasteiger partial charge on any atom is 0.166 e. The molecule has 0 aromatic carbocycles. The number of aromatic nitrogens is 3.